The van der Waals surface area contributed by atoms with Gasteiger partial charge in [-0.3, -0.25) is 19.9 Å². The third kappa shape index (κ3) is 5.10. The fourth-order valence-electron chi connectivity index (χ4n) is 4.78. The third-order valence-electron chi connectivity index (χ3n) is 6.77. The Bertz CT molecular complexity index is 1550. The summed E-state index contributed by atoms with van der Waals surface area (Å²) in [5.41, 5.74) is 4.88. The molecular weight excluding hydrogens is 512 g/mol. The predicted molar refractivity (Wildman–Crippen MR) is 155 cm³/mol. The summed E-state index contributed by atoms with van der Waals surface area (Å²) in [6, 6.07) is 21.4. The zero-order chi connectivity index (χ0) is 27.7. The van der Waals surface area contributed by atoms with Crippen LogP contribution in [-0.2, 0) is 4.79 Å². The first-order chi connectivity index (χ1) is 18.7. The van der Waals surface area contributed by atoms with E-state index < -0.39 is 4.92 Å². The molecule has 9 nitrogen and oxygen atoms in total. The van der Waals surface area contributed by atoms with Gasteiger partial charge >= 0.3 is 0 Å². The largest absolute Gasteiger partial charge is 0.351 e. The van der Waals surface area contributed by atoms with E-state index in [1.807, 2.05) is 91.0 Å². The number of aromatic nitrogens is 2. The number of nitro groups is 1. The minimum Gasteiger partial charge on any atom is -0.351 e. The lowest BCUT2D eigenvalue weighted by Gasteiger charge is -2.29. The van der Waals surface area contributed by atoms with Crippen LogP contribution in [0.2, 0.25) is 0 Å². The highest BCUT2D eigenvalue weighted by atomic mass is 32.1. The van der Waals surface area contributed by atoms with Crippen LogP contribution in [0.25, 0.3) is 5.69 Å². The van der Waals surface area contributed by atoms with Gasteiger partial charge in [0.05, 0.1) is 22.3 Å². The second kappa shape index (κ2) is 10.7. The molecule has 0 spiro atoms. The van der Waals surface area contributed by atoms with Crippen molar-refractivity contribution in [3.63, 3.8) is 0 Å². The first-order valence-corrected chi connectivity index (χ1v) is 13.0. The molecule has 0 saturated carbocycles. The van der Waals surface area contributed by atoms with Crippen LogP contribution in [0.3, 0.4) is 0 Å². The number of nitrogens with zero attached hydrogens (tertiary/aromatic N) is 4. The Morgan fingerprint density at radius 1 is 1.08 bits per heavy atom. The SMILES string of the molecule is Cc1cc(N2C(=S)NC(c3ccccn3)C2c2cccn2-c2cccc([N+](=O)[O-])c2)ccc1NC(=O)C(C)C. The zero-order valence-electron chi connectivity index (χ0n) is 21.7. The maximum Gasteiger partial charge on any atom is 0.271 e. The monoisotopic (exact) mass is 540 g/mol. The smallest absolute Gasteiger partial charge is 0.271 e. The minimum atomic E-state index is -0.398. The molecule has 0 aliphatic carbocycles. The van der Waals surface area contributed by atoms with Gasteiger partial charge < -0.3 is 20.1 Å². The number of amides is 1. The highest BCUT2D eigenvalue weighted by Crippen LogP contribution is 2.43. The summed E-state index contributed by atoms with van der Waals surface area (Å²) < 4.78 is 1.94. The van der Waals surface area contributed by atoms with Gasteiger partial charge in [0.2, 0.25) is 5.91 Å². The lowest BCUT2D eigenvalue weighted by Crippen LogP contribution is -2.30. The summed E-state index contributed by atoms with van der Waals surface area (Å²) in [5, 5.41) is 18.4. The average molecular weight is 541 g/mol. The maximum absolute atomic E-state index is 12.3. The summed E-state index contributed by atoms with van der Waals surface area (Å²) in [5.74, 6) is -0.184. The van der Waals surface area contributed by atoms with Gasteiger partial charge in [-0.25, -0.2) is 0 Å². The van der Waals surface area contributed by atoms with Gasteiger partial charge in [0.25, 0.3) is 5.69 Å². The number of thiocarbonyl (C=S) groups is 1. The van der Waals surface area contributed by atoms with Crippen molar-refractivity contribution in [1.82, 2.24) is 14.9 Å². The van der Waals surface area contributed by atoms with E-state index >= 15 is 0 Å². The van der Waals surface area contributed by atoms with Crippen molar-refractivity contribution >= 4 is 40.3 Å². The molecular formula is C29H28N6O3S. The van der Waals surface area contributed by atoms with Gasteiger partial charge in [-0.05, 0) is 73.2 Å². The Morgan fingerprint density at radius 3 is 2.59 bits per heavy atom. The molecule has 5 rings (SSSR count). The van der Waals surface area contributed by atoms with Crippen molar-refractivity contribution in [3.8, 4) is 5.69 Å². The standard InChI is InChI=1S/C29H28N6O3S/c1-18(2)28(36)31-23-13-12-21(16-19(23)3)34-27(26(32-29(34)39)24-10-4-5-14-30-24)25-11-7-15-33(25)20-8-6-9-22(17-20)35(37)38/h4-18,26-27H,1-3H3,(H,31,36)(H,32,39). The summed E-state index contributed by atoms with van der Waals surface area (Å²) in [6.45, 7) is 5.65. The molecule has 2 atom stereocenters. The number of nitrogens with one attached hydrogen (secondary N) is 2. The van der Waals surface area contributed by atoms with Crippen LogP contribution < -0.4 is 15.5 Å². The summed E-state index contributed by atoms with van der Waals surface area (Å²) in [4.78, 5) is 30.0. The molecule has 10 heteroatoms. The van der Waals surface area contributed by atoms with Crippen LogP contribution in [0.5, 0.6) is 0 Å². The fourth-order valence-corrected chi connectivity index (χ4v) is 5.12. The number of rotatable bonds is 7. The Hall–Kier alpha value is -4.57. The van der Waals surface area contributed by atoms with E-state index in [1.54, 1.807) is 18.3 Å². The van der Waals surface area contributed by atoms with E-state index in [0.29, 0.717) is 10.8 Å². The van der Waals surface area contributed by atoms with Crippen molar-refractivity contribution in [2.45, 2.75) is 32.9 Å². The first-order valence-electron chi connectivity index (χ1n) is 12.6. The molecule has 2 unspecified atom stereocenters. The van der Waals surface area contributed by atoms with E-state index in [0.717, 1.165) is 28.3 Å². The van der Waals surface area contributed by atoms with Gasteiger partial charge in [-0.2, -0.15) is 0 Å². The number of hydrogen-bond acceptors (Lipinski definition) is 5. The maximum atomic E-state index is 12.3. The van der Waals surface area contributed by atoms with Gasteiger partial charge in [0.1, 0.15) is 6.04 Å². The van der Waals surface area contributed by atoms with Gasteiger partial charge in [-0.15, -0.1) is 0 Å². The highest BCUT2D eigenvalue weighted by molar-refractivity contribution is 7.80. The molecule has 39 heavy (non-hydrogen) atoms. The number of aryl methyl sites for hydroxylation is 1. The number of anilines is 2. The number of benzene rings is 2. The van der Waals surface area contributed by atoms with Crippen LogP contribution in [0.4, 0.5) is 17.1 Å². The van der Waals surface area contributed by atoms with E-state index in [4.69, 9.17) is 12.2 Å². The van der Waals surface area contributed by atoms with Crippen molar-refractivity contribution in [3.05, 3.63) is 112 Å². The number of nitro benzene ring substituents is 1. The molecule has 1 amide bonds. The third-order valence-corrected chi connectivity index (χ3v) is 7.09. The Balaban J connectivity index is 1.61. The van der Waals surface area contributed by atoms with E-state index in [1.165, 1.54) is 6.07 Å². The molecule has 198 valence electrons. The van der Waals surface area contributed by atoms with Crippen LogP contribution in [0.1, 0.15) is 42.9 Å². The summed E-state index contributed by atoms with van der Waals surface area (Å²) in [7, 11) is 0. The van der Waals surface area contributed by atoms with Crippen molar-refractivity contribution in [2.24, 2.45) is 5.92 Å². The van der Waals surface area contributed by atoms with Gasteiger partial charge in [0, 0.05) is 47.5 Å². The molecule has 2 aromatic heterocycles. The van der Waals surface area contributed by atoms with Crippen LogP contribution in [0, 0.1) is 23.0 Å². The quantitative estimate of drug-likeness (QED) is 0.172. The second-order valence-corrected chi connectivity index (χ2v) is 10.1. The highest BCUT2D eigenvalue weighted by Gasteiger charge is 2.42. The van der Waals surface area contributed by atoms with Crippen LogP contribution >= 0.6 is 12.2 Å². The summed E-state index contributed by atoms with van der Waals surface area (Å²) in [6.07, 6.45) is 3.63. The fraction of sp³-hybridized carbons (Fsp3) is 0.207. The number of hydrogen-bond donors (Lipinski definition) is 2. The Labute approximate surface area is 231 Å². The predicted octanol–water partition coefficient (Wildman–Crippen LogP) is 5.86. The molecule has 1 fully saturated rings. The molecule has 0 bridgehead atoms. The van der Waals surface area contributed by atoms with Crippen LogP contribution in [-0.4, -0.2) is 25.5 Å². The molecule has 4 aromatic rings. The van der Waals surface area contributed by atoms with Crippen LogP contribution in [0.15, 0.2) is 85.2 Å². The minimum absolute atomic E-state index is 0.0139. The molecule has 1 aliphatic heterocycles. The van der Waals surface area contributed by atoms with Gasteiger partial charge in [0.15, 0.2) is 5.11 Å². The molecule has 0 radical (unpaired) electrons. The zero-order valence-corrected chi connectivity index (χ0v) is 22.6. The number of carbonyl (C=O) groups is 1. The van der Waals surface area contributed by atoms with E-state index in [-0.39, 0.29) is 29.6 Å². The molecule has 1 aliphatic rings. The number of non-ortho nitro benzene ring substituents is 1. The van der Waals surface area contributed by atoms with E-state index in [9.17, 15) is 14.9 Å². The first kappa shape index (κ1) is 26.1. The van der Waals surface area contributed by atoms with Crippen molar-refractivity contribution in [1.29, 1.82) is 0 Å². The lowest BCUT2D eigenvalue weighted by atomic mass is 10.00. The molecule has 3 heterocycles. The Kier molecular flexibility index (Phi) is 7.12. The second-order valence-electron chi connectivity index (χ2n) is 9.72. The van der Waals surface area contributed by atoms with Crippen molar-refractivity contribution in [2.75, 3.05) is 10.2 Å². The topological polar surface area (TPSA) is 105 Å². The molecule has 1 saturated heterocycles. The average Bonchev–Trinajstić information content (AvgIpc) is 3.54. The summed E-state index contributed by atoms with van der Waals surface area (Å²) >= 11 is 5.86. The lowest BCUT2D eigenvalue weighted by molar-refractivity contribution is -0.384. The molecule has 2 aromatic carbocycles. The van der Waals surface area contributed by atoms with Gasteiger partial charge in [-0.1, -0.05) is 26.0 Å². The number of carbonyl (C=O) groups excluding carboxylic acids is 1. The Morgan fingerprint density at radius 2 is 1.90 bits per heavy atom. The molecule has 2 N–H and O–H groups in total. The normalized spacial score (nSPS) is 16.8. The van der Waals surface area contributed by atoms with E-state index in [2.05, 4.69) is 15.6 Å². The number of pyridine rings is 1. The van der Waals surface area contributed by atoms with Crippen molar-refractivity contribution < 1.29 is 9.72 Å².